The van der Waals surface area contributed by atoms with Crippen molar-refractivity contribution < 1.29 is 13.5 Å². The fraction of sp³-hybridized carbons (Fsp3) is 0.667. The Morgan fingerprint density at radius 1 is 1.13 bits per heavy atom. The second kappa shape index (κ2) is 6.91. The van der Waals surface area contributed by atoms with Crippen LogP contribution >= 0.6 is 0 Å². The summed E-state index contributed by atoms with van der Waals surface area (Å²) in [6, 6.07) is 7.44. The maximum absolute atomic E-state index is 13.3. The van der Waals surface area contributed by atoms with Crippen LogP contribution in [-0.2, 0) is 10.0 Å². The number of aliphatic hydroxyl groups is 1. The van der Waals surface area contributed by atoms with Crippen molar-refractivity contribution in [1.29, 1.82) is 0 Å². The minimum Gasteiger partial charge on any atom is -0.392 e. The van der Waals surface area contributed by atoms with Gasteiger partial charge in [0.1, 0.15) is 0 Å². The standard InChI is InChI=1S/C18H27NO3S/c1-14(20)13-19(16-7-3-2-4-8-16)23(21,22)18-10-6-5-9-17(18)15-11-12-15/h5-6,9-10,14-16,20H,2-4,7-8,11-13H2,1H3. The molecule has 2 fully saturated rings. The summed E-state index contributed by atoms with van der Waals surface area (Å²) in [6.45, 7) is 1.85. The van der Waals surface area contributed by atoms with E-state index in [0.717, 1.165) is 44.1 Å². The van der Waals surface area contributed by atoms with Crippen molar-refractivity contribution >= 4 is 10.0 Å². The summed E-state index contributed by atoms with van der Waals surface area (Å²) in [5.74, 6) is 0.390. The monoisotopic (exact) mass is 337 g/mol. The van der Waals surface area contributed by atoms with Crippen LogP contribution in [0.3, 0.4) is 0 Å². The summed E-state index contributed by atoms with van der Waals surface area (Å²) in [5, 5.41) is 9.85. The third-order valence-electron chi connectivity index (χ3n) is 4.95. The lowest BCUT2D eigenvalue weighted by atomic mass is 9.95. The van der Waals surface area contributed by atoms with E-state index >= 15 is 0 Å². The number of aliphatic hydroxyl groups excluding tert-OH is 1. The van der Waals surface area contributed by atoms with Crippen LogP contribution in [0.4, 0.5) is 0 Å². The SMILES string of the molecule is CC(O)CN(C1CCCCC1)S(=O)(=O)c1ccccc1C1CC1. The Morgan fingerprint density at radius 3 is 2.39 bits per heavy atom. The van der Waals surface area contributed by atoms with Gasteiger partial charge in [-0.25, -0.2) is 8.42 Å². The molecule has 0 aromatic heterocycles. The zero-order chi connectivity index (χ0) is 16.4. The van der Waals surface area contributed by atoms with Gasteiger partial charge in [-0.2, -0.15) is 4.31 Å². The number of benzene rings is 1. The first kappa shape index (κ1) is 16.9. The Labute approximate surface area is 139 Å². The van der Waals surface area contributed by atoms with E-state index in [9.17, 15) is 13.5 Å². The minimum atomic E-state index is -3.56. The average Bonchev–Trinajstić information content (AvgIpc) is 3.38. The molecule has 1 atom stereocenters. The maximum Gasteiger partial charge on any atom is 0.243 e. The molecule has 1 N–H and O–H groups in total. The van der Waals surface area contributed by atoms with E-state index in [1.807, 2.05) is 12.1 Å². The third-order valence-corrected chi connectivity index (χ3v) is 6.94. The molecule has 0 radical (unpaired) electrons. The predicted molar refractivity (Wildman–Crippen MR) is 90.9 cm³/mol. The molecule has 1 aromatic rings. The molecule has 23 heavy (non-hydrogen) atoms. The van der Waals surface area contributed by atoms with Gasteiger partial charge in [0.15, 0.2) is 0 Å². The van der Waals surface area contributed by atoms with Gasteiger partial charge in [-0.1, -0.05) is 37.5 Å². The molecule has 0 bridgehead atoms. The molecule has 2 aliphatic carbocycles. The summed E-state index contributed by atoms with van der Waals surface area (Å²) in [4.78, 5) is 0.453. The third kappa shape index (κ3) is 3.78. The molecule has 2 saturated carbocycles. The molecule has 1 aromatic carbocycles. The highest BCUT2D eigenvalue weighted by Gasteiger charge is 2.37. The molecular formula is C18H27NO3S. The molecule has 4 nitrogen and oxygen atoms in total. The van der Waals surface area contributed by atoms with Gasteiger partial charge < -0.3 is 5.11 Å². The largest absolute Gasteiger partial charge is 0.392 e. The predicted octanol–water partition coefficient (Wildman–Crippen LogP) is 3.27. The van der Waals surface area contributed by atoms with Crippen LogP contribution in [0.25, 0.3) is 0 Å². The normalized spacial score (nSPS) is 21.5. The summed E-state index contributed by atoms with van der Waals surface area (Å²) in [7, 11) is -3.56. The summed E-state index contributed by atoms with van der Waals surface area (Å²) >= 11 is 0. The molecular weight excluding hydrogens is 310 g/mol. The van der Waals surface area contributed by atoms with Crippen molar-refractivity contribution in [2.24, 2.45) is 0 Å². The molecule has 0 aliphatic heterocycles. The number of sulfonamides is 1. The quantitative estimate of drug-likeness (QED) is 0.867. The maximum atomic E-state index is 13.3. The highest BCUT2D eigenvalue weighted by atomic mass is 32.2. The van der Waals surface area contributed by atoms with Gasteiger partial charge in [0.25, 0.3) is 0 Å². The van der Waals surface area contributed by atoms with Crippen LogP contribution in [0, 0.1) is 0 Å². The fourth-order valence-corrected chi connectivity index (χ4v) is 5.70. The minimum absolute atomic E-state index is 0.0237. The average molecular weight is 337 g/mol. The van der Waals surface area contributed by atoms with E-state index in [0.29, 0.717) is 10.8 Å². The van der Waals surface area contributed by atoms with Crippen molar-refractivity contribution in [3.8, 4) is 0 Å². The van der Waals surface area contributed by atoms with Gasteiger partial charge in [-0.05, 0) is 50.2 Å². The molecule has 0 heterocycles. The number of nitrogens with zero attached hydrogens (tertiary/aromatic N) is 1. The molecule has 128 valence electrons. The highest BCUT2D eigenvalue weighted by Crippen LogP contribution is 2.43. The van der Waals surface area contributed by atoms with E-state index in [2.05, 4.69) is 0 Å². The molecule has 3 rings (SSSR count). The van der Waals surface area contributed by atoms with E-state index in [4.69, 9.17) is 0 Å². The first-order valence-corrected chi connectivity index (χ1v) is 10.2. The Hall–Kier alpha value is -0.910. The second-order valence-corrected chi connectivity index (χ2v) is 8.89. The van der Waals surface area contributed by atoms with Gasteiger partial charge in [-0.15, -0.1) is 0 Å². The van der Waals surface area contributed by atoms with Crippen molar-refractivity contribution in [3.63, 3.8) is 0 Å². The van der Waals surface area contributed by atoms with Crippen molar-refractivity contribution in [3.05, 3.63) is 29.8 Å². The van der Waals surface area contributed by atoms with Gasteiger partial charge in [-0.3, -0.25) is 0 Å². The van der Waals surface area contributed by atoms with Crippen LogP contribution in [0.2, 0.25) is 0 Å². The van der Waals surface area contributed by atoms with Crippen LogP contribution in [-0.4, -0.2) is 36.5 Å². The summed E-state index contributed by atoms with van der Waals surface area (Å²) < 4.78 is 28.3. The smallest absolute Gasteiger partial charge is 0.243 e. The lowest BCUT2D eigenvalue weighted by molar-refractivity contribution is 0.136. The lowest BCUT2D eigenvalue weighted by Crippen LogP contribution is -2.45. The van der Waals surface area contributed by atoms with E-state index < -0.39 is 16.1 Å². The zero-order valence-corrected chi connectivity index (χ0v) is 14.6. The van der Waals surface area contributed by atoms with Crippen LogP contribution in [0.15, 0.2) is 29.2 Å². The Balaban J connectivity index is 1.96. The summed E-state index contributed by atoms with van der Waals surface area (Å²) in [6.07, 6.45) is 6.62. The van der Waals surface area contributed by atoms with Gasteiger partial charge in [0.2, 0.25) is 10.0 Å². The number of rotatable bonds is 6. The van der Waals surface area contributed by atoms with E-state index in [-0.39, 0.29) is 12.6 Å². The van der Waals surface area contributed by atoms with Gasteiger partial charge in [0, 0.05) is 12.6 Å². The molecule has 5 heteroatoms. The first-order valence-electron chi connectivity index (χ1n) is 8.79. The Kier molecular flexibility index (Phi) is 5.09. The van der Waals surface area contributed by atoms with Crippen LogP contribution in [0.5, 0.6) is 0 Å². The van der Waals surface area contributed by atoms with E-state index in [1.54, 1.807) is 23.4 Å². The molecule has 0 spiro atoms. The first-order chi connectivity index (χ1) is 11.0. The topological polar surface area (TPSA) is 57.6 Å². The molecule has 0 amide bonds. The second-order valence-electron chi connectivity index (χ2n) is 7.03. The lowest BCUT2D eigenvalue weighted by Gasteiger charge is -2.34. The van der Waals surface area contributed by atoms with Crippen molar-refractivity contribution in [2.45, 2.75) is 74.8 Å². The summed E-state index contributed by atoms with van der Waals surface area (Å²) in [5.41, 5.74) is 0.957. The molecule has 1 unspecified atom stereocenters. The fourth-order valence-electron chi connectivity index (χ4n) is 3.65. The Morgan fingerprint density at radius 2 is 1.78 bits per heavy atom. The van der Waals surface area contributed by atoms with Crippen LogP contribution < -0.4 is 0 Å². The highest BCUT2D eigenvalue weighted by molar-refractivity contribution is 7.89. The molecule has 0 saturated heterocycles. The number of hydrogen-bond donors (Lipinski definition) is 1. The van der Waals surface area contributed by atoms with Crippen molar-refractivity contribution in [1.82, 2.24) is 4.31 Å². The van der Waals surface area contributed by atoms with E-state index in [1.165, 1.54) is 6.42 Å². The molecule has 2 aliphatic rings. The van der Waals surface area contributed by atoms with Crippen LogP contribution in [0.1, 0.15) is 63.4 Å². The Bertz CT molecular complexity index is 631. The van der Waals surface area contributed by atoms with Crippen molar-refractivity contribution in [2.75, 3.05) is 6.54 Å². The van der Waals surface area contributed by atoms with Gasteiger partial charge >= 0.3 is 0 Å². The zero-order valence-electron chi connectivity index (χ0n) is 13.8. The van der Waals surface area contributed by atoms with Gasteiger partial charge in [0.05, 0.1) is 11.0 Å². The number of hydrogen-bond acceptors (Lipinski definition) is 3.